The maximum atomic E-state index is 13.4. The summed E-state index contributed by atoms with van der Waals surface area (Å²) in [5.74, 6) is -0.890. The number of rotatable bonds is 8. The molecule has 0 atom stereocenters. The molecule has 11 heteroatoms. The number of aryl methyl sites for hydroxylation is 1. The minimum absolute atomic E-state index is 0.0249. The zero-order valence-corrected chi connectivity index (χ0v) is 20.7. The molecule has 0 saturated carbocycles. The van der Waals surface area contributed by atoms with Gasteiger partial charge in [0.05, 0.1) is 22.9 Å². The second kappa shape index (κ2) is 11.0. The molecule has 0 spiro atoms. The number of nitrogens with zero attached hydrogens (tertiary/aromatic N) is 3. The van der Waals surface area contributed by atoms with E-state index in [9.17, 15) is 14.4 Å². The minimum Gasteiger partial charge on any atom is -0.431 e. The number of carbonyl (C=O) groups is 2. The molecule has 186 valence electrons. The number of hydrogen-bond acceptors (Lipinski definition) is 10. The fraction of sp³-hybridized carbons (Fsp3) is 0.240. The van der Waals surface area contributed by atoms with Crippen LogP contribution in [0.25, 0.3) is 21.3 Å². The molecule has 0 aliphatic heterocycles. The molecule has 0 fully saturated rings. The molecule has 10 nitrogen and oxygen atoms in total. The maximum Gasteiger partial charge on any atom is 0.511 e. The van der Waals surface area contributed by atoms with E-state index in [4.69, 9.17) is 14.2 Å². The van der Waals surface area contributed by atoms with E-state index in [0.29, 0.717) is 10.6 Å². The quantitative estimate of drug-likeness (QED) is 0.260. The molecular formula is C25H24N4O6S. The Bertz CT molecular complexity index is 1440. The molecule has 0 saturated heterocycles. The lowest BCUT2D eigenvalue weighted by Gasteiger charge is -2.17. The van der Waals surface area contributed by atoms with Crippen LogP contribution in [0.2, 0.25) is 0 Å². The zero-order valence-electron chi connectivity index (χ0n) is 19.9. The molecule has 0 aliphatic carbocycles. The third kappa shape index (κ3) is 5.36. The monoisotopic (exact) mass is 508 g/mol. The summed E-state index contributed by atoms with van der Waals surface area (Å²) in [7, 11) is 0. The van der Waals surface area contributed by atoms with Gasteiger partial charge in [-0.05, 0) is 32.2 Å². The van der Waals surface area contributed by atoms with E-state index in [1.54, 1.807) is 39.2 Å². The highest BCUT2D eigenvalue weighted by Crippen LogP contribution is 2.32. The summed E-state index contributed by atoms with van der Waals surface area (Å²) >= 11 is 1.35. The fourth-order valence-corrected chi connectivity index (χ4v) is 4.18. The molecule has 0 unspecified atom stereocenters. The number of pyridine rings is 1. The Balaban J connectivity index is 1.79. The van der Waals surface area contributed by atoms with E-state index in [1.807, 2.05) is 35.7 Å². The molecule has 0 amide bonds. The van der Waals surface area contributed by atoms with Gasteiger partial charge < -0.3 is 19.5 Å². The van der Waals surface area contributed by atoms with Crippen molar-refractivity contribution in [3.63, 3.8) is 0 Å². The van der Waals surface area contributed by atoms with Crippen molar-refractivity contribution in [2.75, 3.05) is 12.1 Å². The number of ether oxygens (including phenoxy) is 3. The Labute approximate surface area is 210 Å². The molecule has 3 heterocycles. The molecule has 3 aromatic heterocycles. The summed E-state index contributed by atoms with van der Waals surface area (Å²) in [5, 5.41) is 11.0. The summed E-state index contributed by atoms with van der Waals surface area (Å²) in [6.07, 6.45) is 1.91. The van der Waals surface area contributed by atoms with Gasteiger partial charge >= 0.3 is 12.1 Å². The second-order valence-electron chi connectivity index (χ2n) is 7.84. The molecule has 0 aliphatic rings. The highest BCUT2D eigenvalue weighted by atomic mass is 32.1. The van der Waals surface area contributed by atoms with E-state index in [-0.39, 0.29) is 23.5 Å². The summed E-state index contributed by atoms with van der Waals surface area (Å²) in [6, 6.07) is 11.1. The van der Waals surface area contributed by atoms with Crippen LogP contribution in [0.3, 0.4) is 0 Å². The van der Waals surface area contributed by atoms with Gasteiger partial charge in [-0.3, -0.25) is 9.78 Å². The van der Waals surface area contributed by atoms with Crippen LogP contribution in [0.4, 0.5) is 16.2 Å². The third-order valence-electron chi connectivity index (χ3n) is 5.04. The lowest BCUT2D eigenvalue weighted by molar-refractivity contribution is -0.0344. The van der Waals surface area contributed by atoms with Crippen molar-refractivity contribution in [2.24, 2.45) is 0 Å². The van der Waals surface area contributed by atoms with E-state index in [2.05, 4.69) is 15.4 Å². The van der Waals surface area contributed by atoms with Gasteiger partial charge in [-0.2, -0.15) is 5.10 Å². The van der Waals surface area contributed by atoms with Crippen molar-refractivity contribution in [1.82, 2.24) is 14.8 Å². The zero-order chi connectivity index (χ0) is 25.7. The van der Waals surface area contributed by atoms with Crippen LogP contribution < -0.4 is 10.9 Å². The molecule has 36 heavy (non-hydrogen) atoms. The lowest BCUT2D eigenvalue weighted by atomic mass is 10.1. The molecule has 4 rings (SSSR count). The van der Waals surface area contributed by atoms with Crippen LogP contribution in [-0.4, -0.2) is 39.8 Å². The number of aromatic nitrogens is 3. The number of fused-ring (bicyclic) bond motifs is 1. The summed E-state index contributed by atoms with van der Waals surface area (Å²) in [6.45, 7) is 4.69. The highest BCUT2D eigenvalue weighted by molar-refractivity contribution is 7.13. The number of esters is 1. The maximum absolute atomic E-state index is 13.4. The number of anilines is 2. The van der Waals surface area contributed by atoms with Crippen molar-refractivity contribution in [1.29, 1.82) is 0 Å². The number of carbonyl (C=O) groups excluding carboxylic acids is 2. The minimum atomic E-state index is -0.976. The van der Waals surface area contributed by atoms with Crippen LogP contribution in [0.1, 0.15) is 31.1 Å². The van der Waals surface area contributed by atoms with E-state index in [0.717, 1.165) is 10.8 Å². The number of thiophene rings is 1. The SMILES string of the molecule is CCn1nc(-c2cccs2)c(C(=O)OCOC(=O)OC(C)C)c(Nc2cncc3ccccc23)c1=O. The average molecular weight is 509 g/mol. The first-order chi connectivity index (χ1) is 17.4. The summed E-state index contributed by atoms with van der Waals surface area (Å²) in [4.78, 5) is 43.3. The number of nitrogens with one attached hydrogen (secondary N) is 1. The molecule has 1 N–H and O–H groups in total. The Morgan fingerprint density at radius 1 is 1.11 bits per heavy atom. The van der Waals surface area contributed by atoms with Crippen molar-refractivity contribution >= 4 is 45.6 Å². The first-order valence-corrected chi connectivity index (χ1v) is 12.1. The summed E-state index contributed by atoms with van der Waals surface area (Å²) < 4.78 is 16.2. The second-order valence-corrected chi connectivity index (χ2v) is 8.79. The van der Waals surface area contributed by atoms with E-state index < -0.39 is 30.6 Å². The van der Waals surface area contributed by atoms with Gasteiger partial charge in [-0.1, -0.05) is 30.3 Å². The van der Waals surface area contributed by atoms with Crippen LogP contribution >= 0.6 is 11.3 Å². The lowest BCUT2D eigenvalue weighted by Crippen LogP contribution is -2.29. The van der Waals surface area contributed by atoms with Gasteiger partial charge in [-0.15, -0.1) is 11.3 Å². The van der Waals surface area contributed by atoms with Crippen LogP contribution in [0, 0.1) is 0 Å². The smallest absolute Gasteiger partial charge is 0.431 e. The molecule has 0 radical (unpaired) electrons. The van der Waals surface area contributed by atoms with Gasteiger partial charge in [0, 0.05) is 23.5 Å². The van der Waals surface area contributed by atoms with Crippen LogP contribution in [0.15, 0.2) is 59.0 Å². The topological polar surface area (TPSA) is 122 Å². The molecule has 1 aromatic carbocycles. The first-order valence-electron chi connectivity index (χ1n) is 11.2. The van der Waals surface area contributed by atoms with Gasteiger partial charge in [-0.25, -0.2) is 14.3 Å². The van der Waals surface area contributed by atoms with Crippen molar-refractivity contribution in [3.05, 3.63) is 70.1 Å². The standard InChI is InChI=1S/C25H24N4O6S/c1-4-29-23(30)22(27-18-13-26-12-16-8-5-6-9-17(16)18)20(21(28-29)19-10-7-11-36-19)24(31)33-14-34-25(32)35-15(2)3/h5-13,15,27H,4,14H2,1-3H3. The number of benzene rings is 1. The van der Waals surface area contributed by atoms with Gasteiger partial charge in [0.2, 0.25) is 6.79 Å². The predicted molar refractivity (Wildman–Crippen MR) is 135 cm³/mol. The third-order valence-corrected chi connectivity index (χ3v) is 5.92. The Morgan fingerprint density at radius 2 is 1.92 bits per heavy atom. The number of hydrogen-bond donors (Lipinski definition) is 1. The largest absolute Gasteiger partial charge is 0.511 e. The van der Waals surface area contributed by atoms with Gasteiger partial charge in [0.15, 0.2) is 0 Å². The van der Waals surface area contributed by atoms with Gasteiger partial charge in [0.25, 0.3) is 5.56 Å². The molecular weight excluding hydrogens is 484 g/mol. The van der Waals surface area contributed by atoms with E-state index >= 15 is 0 Å². The van der Waals surface area contributed by atoms with Crippen molar-refractivity contribution in [3.8, 4) is 10.6 Å². The Hall–Kier alpha value is -4.25. The van der Waals surface area contributed by atoms with Crippen molar-refractivity contribution < 1.29 is 23.8 Å². The van der Waals surface area contributed by atoms with Crippen LogP contribution in [0.5, 0.6) is 0 Å². The van der Waals surface area contributed by atoms with E-state index in [1.165, 1.54) is 16.0 Å². The van der Waals surface area contributed by atoms with Crippen molar-refractivity contribution in [2.45, 2.75) is 33.4 Å². The Kier molecular flexibility index (Phi) is 7.59. The van der Waals surface area contributed by atoms with Crippen LogP contribution in [-0.2, 0) is 20.8 Å². The highest BCUT2D eigenvalue weighted by Gasteiger charge is 2.27. The first kappa shape index (κ1) is 24.9. The summed E-state index contributed by atoms with van der Waals surface area (Å²) in [5.41, 5.74) is 0.167. The molecule has 4 aromatic rings. The average Bonchev–Trinajstić information content (AvgIpc) is 3.39. The Morgan fingerprint density at radius 3 is 2.64 bits per heavy atom. The fourth-order valence-electron chi connectivity index (χ4n) is 3.47. The normalized spacial score (nSPS) is 10.9. The van der Waals surface area contributed by atoms with Gasteiger partial charge in [0.1, 0.15) is 16.9 Å². The predicted octanol–water partition coefficient (Wildman–Crippen LogP) is 4.96. The molecule has 0 bridgehead atoms.